The molecule has 10 nitrogen and oxygen atoms in total. The van der Waals surface area contributed by atoms with Crippen molar-refractivity contribution in [1.29, 1.82) is 0 Å². The lowest BCUT2D eigenvalue weighted by Gasteiger charge is -2.48. The number of carbonyl (C=O) groups is 1. The zero-order valence-corrected chi connectivity index (χ0v) is 26.1. The van der Waals surface area contributed by atoms with Gasteiger partial charge in [-0.3, -0.25) is 4.79 Å². The molecule has 5 rings (SSSR count). The average Bonchev–Trinajstić information content (AvgIpc) is 3.27. The first-order valence-electron chi connectivity index (χ1n) is 15.3. The van der Waals surface area contributed by atoms with E-state index in [1.54, 1.807) is 0 Å². The Morgan fingerprint density at radius 3 is 2.24 bits per heavy atom. The van der Waals surface area contributed by atoms with Crippen LogP contribution < -0.4 is 0 Å². The standard InChI is InChI=1S/C32H48O10/c1-17-14-34-29(19(3)18(17)2)39-25-20(4)26(38-22(6)33)31(37-21(25)5)40-28-27-24(41-32(7,8)42-27)16-36-30(28)35-15-23-12-10-9-11-13-23/h9-13,17-21,24-31H,14-16H2,1-8H3/t17-,18+,19?,20+,21?,24+,25-,26?,27?,28+,29+,30-,31+/m1/s1. The molecule has 4 aliphatic heterocycles. The Balaban J connectivity index is 1.34. The molecule has 1 aromatic carbocycles. The van der Waals surface area contributed by atoms with Gasteiger partial charge in [-0.1, -0.05) is 58.0 Å². The maximum absolute atomic E-state index is 12.3. The summed E-state index contributed by atoms with van der Waals surface area (Å²) in [5, 5.41) is 0. The van der Waals surface area contributed by atoms with Crippen LogP contribution in [0.15, 0.2) is 30.3 Å². The fraction of sp³-hybridized carbons (Fsp3) is 0.781. The van der Waals surface area contributed by atoms with E-state index in [1.165, 1.54) is 6.92 Å². The second-order valence-electron chi connectivity index (χ2n) is 12.9. The lowest BCUT2D eigenvalue weighted by Crippen LogP contribution is -2.61. The Morgan fingerprint density at radius 2 is 1.52 bits per heavy atom. The SMILES string of the molecule is CC(=O)OC1[C@H](O[C@H]2C3OC(C)(C)O[C@H]3CO[C@H]2OCc2ccccc2)OC(C)[C@H](O[C@@H]2OC[C@@H](C)[C@H](C)C2C)[C@@H]1C. The Labute approximate surface area is 249 Å². The molecule has 0 spiro atoms. The van der Waals surface area contributed by atoms with Crippen molar-refractivity contribution in [2.75, 3.05) is 13.2 Å². The van der Waals surface area contributed by atoms with E-state index < -0.39 is 42.6 Å². The highest BCUT2D eigenvalue weighted by Crippen LogP contribution is 2.40. The van der Waals surface area contributed by atoms with Gasteiger partial charge in [0.2, 0.25) is 0 Å². The molecule has 4 saturated heterocycles. The van der Waals surface area contributed by atoms with E-state index in [1.807, 2.05) is 58.0 Å². The fourth-order valence-corrected chi connectivity index (χ4v) is 6.46. The van der Waals surface area contributed by atoms with Crippen molar-refractivity contribution in [3.8, 4) is 0 Å². The summed E-state index contributed by atoms with van der Waals surface area (Å²) in [6.07, 6.45) is -5.08. The van der Waals surface area contributed by atoms with E-state index in [9.17, 15) is 4.79 Å². The molecule has 4 unspecified atom stereocenters. The van der Waals surface area contributed by atoms with Crippen molar-refractivity contribution in [2.24, 2.45) is 23.7 Å². The number of rotatable bonds is 8. The molecule has 13 atom stereocenters. The Hall–Kier alpha value is -1.63. The normalized spacial score (nSPS) is 43.5. The molecule has 4 heterocycles. The van der Waals surface area contributed by atoms with E-state index in [0.29, 0.717) is 31.7 Å². The highest BCUT2D eigenvalue weighted by molar-refractivity contribution is 5.66. The summed E-state index contributed by atoms with van der Waals surface area (Å²) >= 11 is 0. The molecule has 0 saturated carbocycles. The second kappa shape index (κ2) is 13.2. The molecular formula is C32H48O10. The third-order valence-electron chi connectivity index (χ3n) is 9.18. The Morgan fingerprint density at radius 1 is 0.833 bits per heavy atom. The van der Waals surface area contributed by atoms with Gasteiger partial charge in [0.15, 0.2) is 30.8 Å². The molecule has 1 aromatic rings. The van der Waals surface area contributed by atoms with Gasteiger partial charge in [-0.25, -0.2) is 0 Å². The van der Waals surface area contributed by atoms with Crippen LogP contribution in [-0.4, -0.2) is 80.5 Å². The number of benzene rings is 1. The van der Waals surface area contributed by atoms with Crippen LogP contribution in [0.2, 0.25) is 0 Å². The topological polar surface area (TPSA) is 100 Å². The van der Waals surface area contributed by atoms with Crippen LogP contribution in [0.1, 0.15) is 61.0 Å². The van der Waals surface area contributed by atoms with Crippen molar-refractivity contribution in [3.05, 3.63) is 35.9 Å². The van der Waals surface area contributed by atoms with Crippen molar-refractivity contribution >= 4 is 5.97 Å². The van der Waals surface area contributed by atoms with Crippen molar-refractivity contribution in [1.82, 2.24) is 0 Å². The molecule has 0 amide bonds. The van der Waals surface area contributed by atoms with Crippen LogP contribution in [0.3, 0.4) is 0 Å². The van der Waals surface area contributed by atoms with Crippen LogP contribution in [0.25, 0.3) is 0 Å². The number of fused-ring (bicyclic) bond motifs is 1. The van der Waals surface area contributed by atoms with Crippen molar-refractivity contribution in [2.45, 2.75) is 123 Å². The Bertz CT molecular complexity index is 1040. The molecule has 0 aromatic heterocycles. The summed E-state index contributed by atoms with van der Waals surface area (Å²) < 4.78 is 56.3. The molecule has 0 aliphatic carbocycles. The summed E-state index contributed by atoms with van der Waals surface area (Å²) in [5.74, 6) is -0.399. The van der Waals surface area contributed by atoms with E-state index in [4.69, 9.17) is 42.6 Å². The summed E-state index contributed by atoms with van der Waals surface area (Å²) in [6, 6.07) is 9.86. The predicted molar refractivity (Wildman–Crippen MR) is 151 cm³/mol. The quantitative estimate of drug-likeness (QED) is 0.403. The first kappa shape index (κ1) is 31.8. The summed E-state index contributed by atoms with van der Waals surface area (Å²) in [6.45, 7) is 16.9. The van der Waals surface area contributed by atoms with Gasteiger partial charge in [-0.15, -0.1) is 0 Å². The first-order chi connectivity index (χ1) is 19.9. The molecular weight excluding hydrogens is 544 g/mol. The number of ether oxygens (including phenoxy) is 9. The summed E-state index contributed by atoms with van der Waals surface area (Å²) in [7, 11) is 0. The van der Waals surface area contributed by atoms with E-state index in [-0.39, 0.29) is 36.4 Å². The maximum Gasteiger partial charge on any atom is 0.303 e. The summed E-state index contributed by atoms with van der Waals surface area (Å²) in [5.41, 5.74) is 1.00. The van der Waals surface area contributed by atoms with Gasteiger partial charge in [-0.2, -0.15) is 0 Å². The van der Waals surface area contributed by atoms with E-state index in [0.717, 1.165) is 5.56 Å². The van der Waals surface area contributed by atoms with E-state index in [2.05, 4.69) is 20.8 Å². The average molecular weight is 593 g/mol. The highest BCUT2D eigenvalue weighted by atomic mass is 16.8. The zero-order chi connectivity index (χ0) is 30.2. The van der Waals surface area contributed by atoms with Gasteiger partial charge in [0, 0.05) is 18.8 Å². The van der Waals surface area contributed by atoms with Crippen LogP contribution in [0.5, 0.6) is 0 Å². The largest absolute Gasteiger partial charge is 0.457 e. The van der Waals surface area contributed by atoms with Gasteiger partial charge in [0.1, 0.15) is 18.3 Å². The highest BCUT2D eigenvalue weighted by Gasteiger charge is 2.55. The first-order valence-corrected chi connectivity index (χ1v) is 15.3. The zero-order valence-electron chi connectivity index (χ0n) is 26.1. The number of carbonyl (C=O) groups excluding carboxylic acids is 1. The Kier molecular flexibility index (Phi) is 9.96. The van der Waals surface area contributed by atoms with Gasteiger partial charge in [0.05, 0.1) is 32.0 Å². The maximum atomic E-state index is 12.3. The van der Waals surface area contributed by atoms with Gasteiger partial charge >= 0.3 is 5.97 Å². The molecule has 0 bridgehead atoms. The number of hydrogen-bond donors (Lipinski definition) is 0. The molecule has 0 radical (unpaired) electrons. The van der Waals surface area contributed by atoms with Crippen LogP contribution >= 0.6 is 0 Å². The monoisotopic (exact) mass is 592 g/mol. The lowest BCUT2D eigenvalue weighted by atomic mass is 9.82. The molecule has 236 valence electrons. The summed E-state index contributed by atoms with van der Waals surface area (Å²) in [4.78, 5) is 12.3. The van der Waals surface area contributed by atoms with Gasteiger partial charge < -0.3 is 42.6 Å². The van der Waals surface area contributed by atoms with Crippen LogP contribution in [0, 0.1) is 23.7 Å². The minimum Gasteiger partial charge on any atom is -0.457 e. The molecule has 10 heteroatoms. The molecule has 4 fully saturated rings. The predicted octanol–water partition coefficient (Wildman–Crippen LogP) is 4.43. The third-order valence-corrected chi connectivity index (χ3v) is 9.18. The van der Waals surface area contributed by atoms with Gasteiger partial charge in [0.25, 0.3) is 0 Å². The fourth-order valence-electron chi connectivity index (χ4n) is 6.46. The molecule has 42 heavy (non-hydrogen) atoms. The molecule has 0 N–H and O–H groups in total. The van der Waals surface area contributed by atoms with Gasteiger partial charge in [-0.05, 0) is 38.2 Å². The smallest absolute Gasteiger partial charge is 0.303 e. The minimum absolute atomic E-state index is 0.205. The van der Waals surface area contributed by atoms with Crippen LogP contribution in [0.4, 0.5) is 0 Å². The number of hydrogen-bond acceptors (Lipinski definition) is 10. The third kappa shape index (κ3) is 7.02. The minimum atomic E-state index is -0.912. The van der Waals surface area contributed by atoms with Crippen molar-refractivity contribution in [3.63, 3.8) is 0 Å². The second-order valence-corrected chi connectivity index (χ2v) is 12.9. The lowest BCUT2D eigenvalue weighted by molar-refractivity contribution is -0.357. The molecule has 4 aliphatic rings. The van der Waals surface area contributed by atoms with E-state index >= 15 is 0 Å². The van der Waals surface area contributed by atoms with Crippen molar-refractivity contribution < 1.29 is 47.4 Å². The van der Waals surface area contributed by atoms with Crippen LogP contribution in [-0.2, 0) is 54.0 Å². The number of esters is 1.